The summed E-state index contributed by atoms with van der Waals surface area (Å²) in [5.41, 5.74) is 0.691. The second kappa shape index (κ2) is 7.86. The van der Waals surface area contributed by atoms with Gasteiger partial charge in [0.05, 0.1) is 19.5 Å². The van der Waals surface area contributed by atoms with Gasteiger partial charge in [-0.1, -0.05) is 17.8 Å². The lowest BCUT2D eigenvalue weighted by Gasteiger charge is -2.13. The molecule has 8 nitrogen and oxygen atoms in total. The van der Waals surface area contributed by atoms with Crippen molar-refractivity contribution in [2.75, 3.05) is 14.2 Å². The summed E-state index contributed by atoms with van der Waals surface area (Å²) in [5, 5.41) is 9.59. The molecular formula is C17H22N4O4S. The SMILES string of the molecule is COc1ccc(CNC(=O)[C@@H](C)Sc2n[nH]c(=O)n2C2CC2)cc1OC. The lowest BCUT2D eigenvalue weighted by Crippen LogP contribution is -2.30. The van der Waals surface area contributed by atoms with E-state index in [9.17, 15) is 9.59 Å². The Morgan fingerprint density at radius 3 is 2.77 bits per heavy atom. The first-order valence-electron chi connectivity index (χ1n) is 8.35. The fourth-order valence-corrected chi connectivity index (χ4v) is 3.51. The first-order valence-corrected chi connectivity index (χ1v) is 9.23. The number of aromatic amines is 1. The van der Waals surface area contributed by atoms with Gasteiger partial charge in [-0.25, -0.2) is 9.89 Å². The normalized spacial score (nSPS) is 14.7. The van der Waals surface area contributed by atoms with Gasteiger partial charge in [-0.2, -0.15) is 0 Å². The second-order valence-corrected chi connectivity index (χ2v) is 7.39. The first kappa shape index (κ1) is 18.4. The summed E-state index contributed by atoms with van der Waals surface area (Å²) in [6, 6.07) is 5.72. The molecule has 0 unspecified atom stereocenters. The highest BCUT2D eigenvalue weighted by Gasteiger charge is 2.30. The maximum Gasteiger partial charge on any atom is 0.344 e. The number of amides is 1. The number of nitrogens with one attached hydrogen (secondary N) is 2. The molecule has 140 valence electrons. The van der Waals surface area contributed by atoms with E-state index in [2.05, 4.69) is 15.5 Å². The number of nitrogens with zero attached hydrogens (tertiary/aromatic N) is 2. The van der Waals surface area contributed by atoms with Crippen molar-refractivity contribution in [3.8, 4) is 11.5 Å². The molecule has 1 aliphatic rings. The van der Waals surface area contributed by atoms with Crippen molar-refractivity contribution in [3.63, 3.8) is 0 Å². The molecule has 1 amide bonds. The molecule has 1 heterocycles. The van der Waals surface area contributed by atoms with Crippen LogP contribution in [0.1, 0.15) is 31.4 Å². The molecule has 1 atom stereocenters. The third-order valence-corrected chi connectivity index (χ3v) is 5.22. The lowest BCUT2D eigenvalue weighted by molar-refractivity contribution is -0.120. The van der Waals surface area contributed by atoms with E-state index >= 15 is 0 Å². The van der Waals surface area contributed by atoms with Crippen LogP contribution in [0.25, 0.3) is 0 Å². The quantitative estimate of drug-likeness (QED) is 0.679. The van der Waals surface area contributed by atoms with Gasteiger partial charge < -0.3 is 14.8 Å². The van der Waals surface area contributed by atoms with Crippen LogP contribution in [0.5, 0.6) is 11.5 Å². The highest BCUT2D eigenvalue weighted by atomic mass is 32.2. The van der Waals surface area contributed by atoms with E-state index in [1.54, 1.807) is 31.8 Å². The van der Waals surface area contributed by atoms with E-state index in [0.717, 1.165) is 18.4 Å². The number of aromatic nitrogens is 3. The summed E-state index contributed by atoms with van der Waals surface area (Å²) in [6.07, 6.45) is 1.96. The Labute approximate surface area is 155 Å². The summed E-state index contributed by atoms with van der Waals surface area (Å²) < 4.78 is 12.1. The number of benzene rings is 1. The molecule has 9 heteroatoms. The number of rotatable bonds is 8. The molecule has 1 saturated carbocycles. The van der Waals surface area contributed by atoms with Crippen LogP contribution in [0.4, 0.5) is 0 Å². The maximum atomic E-state index is 12.4. The van der Waals surface area contributed by atoms with E-state index in [-0.39, 0.29) is 22.9 Å². The van der Waals surface area contributed by atoms with Crippen LogP contribution in [-0.4, -0.2) is 40.1 Å². The third-order valence-electron chi connectivity index (χ3n) is 4.15. The van der Waals surface area contributed by atoms with E-state index in [4.69, 9.17) is 9.47 Å². The Hall–Kier alpha value is -2.42. The van der Waals surface area contributed by atoms with Crippen LogP contribution in [0.3, 0.4) is 0 Å². The van der Waals surface area contributed by atoms with Crippen LogP contribution in [0, 0.1) is 0 Å². The molecule has 26 heavy (non-hydrogen) atoms. The number of ether oxygens (including phenoxy) is 2. The summed E-state index contributed by atoms with van der Waals surface area (Å²) in [7, 11) is 3.15. The van der Waals surface area contributed by atoms with Gasteiger partial charge >= 0.3 is 5.69 Å². The van der Waals surface area contributed by atoms with Crippen molar-refractivity contribution >= 4 is 17.7 Å². The predicted molar refractivity (Wildman–Crippen MR) is 97.8 cm³/mol. The van der Waals surface area contributed by atoms with E-state index < -0.39 is 0 Å². The second-order valence-electron chi connectivity index (χ2n) is 6.08. The molecular weight excluding hydrogens is 356 g/mol. The fourth-order valence-electron chi connectivity index (χ4n) is 2.56. The molecule has 2 aromatic rings. The summed E-state index contributed by atoms with van der Waals surface area (Å²) in [4.78, 5) is 24.2. The monoisotopic (exact) mass is 378 g/mol. The minimum Gasteiger partial charge on any atom is -0.493 e. The van der Waals surface area contributed by atoms with Crippen LogP contribution in [0.15, 0.2) is 28.2 Å². The van der Waals surface area contributed by atoms with Gasteiger partial charge in [-0.3, -0.25) is 9.36 Å². The minimum absolute atomic E-state index is 0.123. The molecule has 0 aliphatic heterocycles. The number of thioether (sulfide) groups is 1. The van der Waals surface area contributed by atoms with Gasteiger partial charge in [0.25, 0.3) is 0 Å². The number of H-pyrrole nitrogens is 1. The Morgan fingerprint density at radius 2 is 2.12 bits per heavy atom. The van der Waals surface area contributed by atoms with Crippen LogP contribution < -0.4 is 20.5 Å². The predicted octanol–water partition coefficient (Wildman–Crippen LogP) is 1.72. The molecule has 0 bridgehead atoms. The van der Waals surface area contributed by atoms with Crippen molar-refractivity contribution in [3.05, 3.63) is 34.2 Å². The number of carbonyl (C=O) groups is 1. The lowest BCUT2D eigenvalue weighted by atomic mass is 10.2. The van der Waals surface area contributed by atoms with Gasteiger partial charge in [0.1, 0.15) is 0 Å². The maximum absolute atomic E-state index is 12.4. The molecule has 0 spiro atoms. The molecule has 3 rings (SSSR count). The smallest absolute Gasteiger partial charge is 0.344 e. The van der Waals surface area contributed by atoms with E-state index in [0.29, 0.717) is 23.2 Å². The molecule has 1 aliphatic carbocycles. The van der Waals surface area contributed by atoms with Crippen LogP contribution >= 0.6 is 11.8 Å². The Balaban J connectivity index is 1.59. The molecule has 1 fully saturated rings. The molecule has 1 aromatic heterocycles. The first-order chi connectivity index (χ1) is 12.5. The van der Waals surface area contributed by atoms with E-state index in [1.807, 2.05) is 12.1 Å². The third kappa shape index (κ3) is 4.04. The summed E-state index contributed by atoms with van der Waals surface area (Å²) >= 11 is 1.28. The highest BCUT2D eigenvalue weighted by Crippen LogP contribution is 2.36. The number of hydrogen-bond acceptors (Lipinski definition) is 6. The zero-order valence-electron chi connectivity index (χ0n) is 14.9. The molecule has 1 aromatic carbocycles. The van der Waals surface area contributed by atoms with Gasteiger partial charge in [-0.15, -0.1) is 5.10 Å². The van der Waals surface area contributed by atoms with Gasteiger partial charge in [0.2, 0.25) is 5.91 Å². The Kier molecular flexibility index (Phi) is 5.55. The van der Waals surface area contributed by atoms with Crippen molar-refractivity contribution in [1.29, 1.82) is 0 Å². The van der Waals surface area contributed by atoms with Gasteiger partial charge in [-0.05, 0) is 37.5 Å². The molecule has 2 N–H and O–H groups in total. The molecule has 0 radical (unpaired) electrons. The molecule has 0 saturated heterocycles. The van der Waals surface area contributed by atoms with E-state index in [1.165, 1.54) is 11.8 Å². The fraction of sp³-hybridized carbons (Fsp3) is 0.471. The van der Waals surface area contributed by atoms with Crippen LogP contribution in [0.2, 0.25) is 0 Å². The zero-order valence-corrected chi connectivity index (χ0v) is 15.8. The van der Waals surface area contributed by atoms with Gasteiger partial charge in [0.15, 0.2) is 16.7 Å². The topological polar surface area (TPSA) is 98.2 Å². The van der Waals surface area contributed by atoms with Crippen molar-refractivity contribution in [1.82, 2.24) is 20.1 Å². The number of carbonyl (C=O) groups excluding carboxylic acids is 1. The standard InChI is InChI=1S/C17H22N4O4S/c1-10(26-17-20-19-16(23)21(17)12-5-6-12)15(22)18-9-11-4-7-13(24-2)14(8-11)25-3/h4,7-8,10,12H,5-6,9H2,1-3H3,(H,18,22)(H,19,23)/t10-/m1/s1. The zero-order chi connectivity index (χ0) is 18.7. The van der Waals surface area contributed by atoms with Gasteiger partial charge in [0, 0.05) is 12.6 Å². The van der Waals surface area contributed by atoms with Crippen molar-refractivity contribution < 1.29 is 14.3 Å². The van der Waals surface area contributed by atoms with Crippen LogP contribution in [-0.2, 0) is 11.3 Å². The Bertz CT molecular complexity index is 844. The number of methoxy groups -OCH3 is 2. The summed E-state index contributed by atoms with van der Waals surface area (Å²) in [6.45, 7) is 2.17. The average Bonchev–Trinajstić information content (AvgIpc) is 3.42. The minimum atomic E-state index is -0.372. The largest absolute Gasteiger partial charge is 0.493 e. The number of hydrogen-bond donors (Lipinski definition) is 2. The van der Waals surface area contributed by atoms with Crippen molar-refractivity contribution in [2.45, 2.75) is 42.8 Å². The summed E-state index contributed by atoms with van der Waals surface area (Å²) in [5.74, 6) is 1.14. The van der Waals surface area contributed by atoms with Crippen molar-refractivity contribution in [2.24, 2.45) is 0 Å². The Morgan fingerprint density at radius 1 is 1.38 bits per heavy atom. The highest BCUT2D eigenvalue weighted by molar-refractivity contribution is 8.00. The average molecular weight is 378 g/mol.